The van der Waals surface area contributed by atoms with E-state index in [9.17, 15) is 24.9 Å². The van der Waals surface area contributed by atoms with Gasteiger partial charge >= 0.3 is 11.9 Å². The third-order valence-corrected chi connectivity index (χ3v) is 8.83. The van der Waals surface area contributed by atoms with Gasteiger partial charge in [0, 0.05) is 11.6 Å². The van der Waals surface area contributed by atoms with Crippen molar-refractivity contribution in [2.24, 2.45) is 22.7 Å². The predicted molar refractivity (Wildman–Crippen MR) is 118 cm³/mol. The fourth-order valence-electron chi connectivity index (χ4n) is 6.41. The second-order valence-electron chi connectivity index (χ2n) is 10.3. The lowest BCUT2D eigenvalue weighted by Crippen LogP contribution is -2.71. The molecule has 0 aromatic rings. The van der Waals surface area contributed by atoms with Crippen LogP contribution < -0.4 is 0 Å². The van der Waals surface area contributed by atoms with Crippen LogP contribution in [0.1, 0.15) is 66.2 Å². The first-order valence-corrected chi connectivity index (χ1v) is 11.7. The Morgan fingerprint density at radius 3 is 2.72 bits per heavy atom. The highest BCUT2D eigenvalue weighted by Crippen LogP contribution is 2.64. The van der Waals surface area contributed by atoms with E-state index in [0.29, 0.717) is 37.9 Å². The van der Waals surface area contributed by atoms with Crippen LogP contribution >= 0.6 is 0 Å². The maximum absolute atomic E-state index is 12.5. The lowest BCUT2D eigenvalue weighted by atomic mass is 9.42. The second kappa shape index (κ2) is 9.27. The number of hydrogen-bond donors (Lipinski definition) is 3. The second-order valence-corrected chi connectivity index (χ2v) is 10.3. The van der Waals surface area contributed by atoms with E-state index < -0.39 is 29.7 Å². The van der Waals surface area contributed by atoms with Crippen LogP contribution in [0.3, 0.4) is 0 Å². The molecule has 0 spiro atoms. The quantitative estimate of drug-likeness (QED) is 0.404. The number of esters is 2. The van der Waals surface area contributed by atoms with Crippen molar-refractivity contribution in [2.45, 2.75) is 77.9 Å². The number of cyclic esters (lactones) is 1. The molecule has 0 aromatic carbocycles. The van der Waals surface area contributed by atoms with Crippen LogP contribution in [-0.2, 0) is 19.1 Å². The zero-order valence-corrected chi connectivity index (χ0v) is 19.7. The molecule has 0 saturated heterocycles. The number of carbonyl (C=O) groups excluding carboxylic acids is 2. The fraction of sp³-hybridized carbons (Fsp3) is 0.760. The molecule has 0 amide bonds. The number of fused-ring (bicyclic) bond motifs is 1. The summed E-state index contributed by atoms with van der Waals surface area (Å²) in [5.41, 5.74) is -1.60. The summed E-state index contributed by atoms with van der Waals surface area (Å²) in [5.74, 6) is -0.823. The summed E-state index contributed by atoms with van der Waals surface area (Å²) in [6, 6.07) is 0. The van der Waals surface area contributed by atoms with E-state index in [1.54, 1.807) is 26.0 Å². The Labute approximate surface area is 190 Å². The van der Waals surface area contributed by atoms with Crippen molar-refractivity contribution in [1.82, 2.24) is 0 Å². The van der Waals surface area contributed by atoms with Crippen LogP contribution in [0.15, 0.2) is 23.3 Å². The average Bonchev–Trinajstić information content (AvgIpc) is 3.19. The zero-order valence-electron chi connectivity index (χ0n) is 19.7. The molecule has 6 atom stereocenters. The van der Waals surface area contributed by atoms with Crippen LogP contribution in [-0.4, -0.2) is 58.8 Å². The molecule has 3 rings (SSSR count). The number of rotatable bonds is 7. The molecule has 7 nitrogen and oxygen atoms in total. The van der Waals surface area contributed by atoms with Gasteiger partial charge in [-0.25, -0.2) is 9.59 Å². The molecule has 0 aromatic heterocycles. The molecule has 2 aliphatic carbocycles. The Kier molecular flexibility index (Phi) is 7.23. The van der Waals surface area contributed by atoms with Gasteiger partial charge in [0.05, 0.1) is 23.7 Å². The third-order valence-electron chi connectivity index (χ3n) is 8.83. The van der Waals surface area contributed by atoms with Crippen LogP contribution in [0.2, 0.25) is 0 Å². The van der Waals surface area contributed by atoms with Gasteiger partial charge in [0.1, 0.15) is 13.2 Å². The highest BCUT2D eigenvalue weighted by atomic mass is 16.5. The van der Waals surface area contributed by atoms with E-state index >= 15 is 0 Å². The normalized spacial score (nSPS) is 39.8. The molecule has 0 radical (unpaired) electrons. The smallest absolute Gasteiger partial charge is 0.333 e. The van der Waals surface area contributed by atoms with Crippen molar-refractivity contribution in [3.05, 3.63) is 23.3 Å². The minimum Gasteiger partial charge on any atom is -0.462 e. The van der Waals surface area contributed by atoms with E-state index in [1.165, 1.54) is 0 Å². The van der Waals surface area contributed by atoms with Gasteiger partial charge in [0.15, 0.2) is 0 Å². The molecule has 7 heteroatoms. The van der Waals surface area contributed by atoms with Gasteiger partial charge in [0.25, 0.3) is 0 Å². The summed E-state index contributed by atoms with van der Waals surface area (Å²) in [4.78, 5) is 24.0. The first-order valence-electron chi connectivity index (χ1n) is 11.7. The van der Waals surface area contributed by atoms with Crippen LogP contribution in [0.4, 0.5) is 0 Å². The number of allylic oxidation sites excluding steroid dienone is 1. The minimum atomic E-state index is -1.55. The summed E-state index contributed by atoms with van der Waals surface area (Å²) in [6.45, 7) is 7.36. The number of carbonyl (C=O) groups is 2. The van der Waals surface area contributed by atoms with E-state index in [1.807, 2.05) is 0 Å². The van der Waals surface area contributed by atoms with Crippen molar-refractivity contribution in [2.75, 3.05) is 19.8 Å². The molecular weight excluding hydrogens is 412 g/mol. The fourth-order valence-corrected chi connectivity index (χ4v) is 6.41. The first kappa shape index (κ1) is 24.9. The standard InChI is InChI=1S/C25H38O7/c1-5-16(2)22(29)32-15-25-19(7-6-9-24(25,30)14-26)23(4,17(3)11-20(25)27)10-8-18-12-21(28)31-13-18/h5,12,17,19-20,26-27,30H,6-11,13-15H2,1-4H3/b16-5+/t17-,19-,20+,23+,24+,25+/m1/s1. The number of aliphatic hydroxyl groups is 3. The largest absolute Gasteiger partial charge is 0.462 e. The molecule has 2 fully saturated rings. The van der Waals surface area contributed by atoms with E-state index in [2.05, 4.69) is 13.8 Å². The Morgan fingerprint density at radius 1 is 1.41 bits per heavy atom. The Hall–Kier alpha value is -1.70. The van der Waals surface area contributed by atoms with Gasteiger partial charge in [-0.1, -0.05) is 26.3 Å². The Balaban J connectivity index is 1.98. The number of ether oxygens (including phenoxy) is 2. The number of hydrogen-bond acceptors (Lipinski definition) is 7. The van der Waals surface area contributed by atoms with Crippen molar-refractivity contribution in [1.29, 1.82) is 0 Å². The lowest BCUT2D eigenvalue weighted by molar-refractivity contribution is -0.278. The van der Waals surface area contributed by atoms with Crippen LogP contribution in [0.25, 0.3) is 0 Å². The van der Waals surface area contributed by atoms with Crippen molar-refractivity contribution in [3.63, 3.8) is 0 Å². The first-order chi connectivity index (χ1) is 15.0. The maximum atomic E-state index is 12.5. The highest BCUT2D eigenvalue weighted by molar-refractivity contribution is 5.87. The van der Waals surface area contributed by atoms with Crippen molar-refractivity contribution < 1.29 is 34.4 Å². The molecule has 3 aliphatic rings. The molecule has 32 heavy (non-hydrogen) atoms. The summed E-state index contributed by atoms with van der Waals surface area (Å²) < 4.78 is 10.7. The molecule has 3 N–H and O–H groups in total. The van der Waals surface area contributed by atoms with Crippen molar-refractivity contribution in [3.8, 4) is 0 Å². The number of aliphatic hydroxyl groups excluding tert-OH is 2. The molecule has 1 aliphatic heterocycles. The van der Waals surface area contributed by atoms with Gasteiger partial charge in [0.2, 0.25) is 0 Å². The van der Waals surface area contributed by atoms with Crippen molar-refractivity contribution >= 4 is 11.9 Å². The molecular formula is C25H38O7. The van der Waals surface area contributed by atoms with E-state index in [4.69, 9.17) is 9.47 Å². The SMILES string of the molecule is C/C=C(\C)C(=O)OC[C@@]12[C@H](CCC[C@]1(O)CO)[C@@](C)(CCC1=CC(=O)OC1)[C@H](C)C[C@@H]2O. The molecule has 180 valence electrons. The molecule has 0 unspecified atom stereocenters. The third kappa shape index (κ3) is 4.03. The Bertz CT molecular complexity index is 802. The molecule has 0 bridgehead atoms. The Morgan fingerprint density at radius 2 is 2.12 bits per heavy atom. The average molecular weight is 451 g/mol. The minimum absolute atomic E-state index is 0.142. The topological polar surface area (TPSA) is 113 Å². The van der Waals surface area contributed by atoms with Gasteiger partial charge in [-0.15, -0.1) is 0 Å². The highest BCUT2D eigenvalue weighted by Gasteiger charge is 2.68. The van der Waals surface area contributed by atoms with Gasteiger partial charge < -0.3 is 24.8 Å². The predicted octanol–water partition coefficient (Wildman–Crippen LogP) is 2.68. The monoisotopic (exact) mass is 450 g/mol. The van der Waals surface area contributed by atoms with Gasteiger partial charge in [-0.2, -0.15) is 0 Å². The maximum Gasteiger partial charge on any atom is 0.333 e. The van der Waals surface area contributed by atoms with Crippen LogP contribution in [0.5, 0.6) is 0 Å². The summed E-state index contributed by atoms with van der Waals surface area (Å²) in [7, 11) is 0. The molecule has 1 heterocycles. The van der Waals surface area contributed by atoms with Gasteiger partial charge in [-0.3, -0.25) is 0 Å². The zero-order chi connectivity index (χ0) is 23.7. The van der Waals surface area contributed by atoms with Crippen LogP contribution in [0, 0.1) is 22.7 Å². The summed E-state index contributed by atoms with van der Waals surface area (Å²) in [6.07, 6.45) is 5.98. The molecule has 2 saturated carbocycles. The van der Waals surface area contributed by atoms with Gasteiger partial charge in [-0.05, 0) is 68.8 Å². The lowest BCUT2D eigenvalue weighted by Gasteiger charge is -2.65. The van der Waals surface area contributed by atoms with E-state index in [0.717, 1.165) is 18.4 Å². The summed E-state index contributed by atoms with van der Waals surface area (Å²) >= 11 is 0. The summed E-state index contributed by atoms with van der Waals surface area (Å²) in [5, 5.41) is 33.3. The van der Waals surface area contributed by atoms with E-state index in [-0.39, 0.29) is 29.8 Å².